The van der Waals surface area contributed by atoms with Crippen LogP contribution in [0.25, 0.3) is 0 Å². The third-order valence-electron chi connectivity index (χ3n) is 5.46. The fourth-order valence-electron chi connectivity index (χ4n) is 2.85. The molecule has 0 aliphatic carbocycles. The fourth-order valence-corrected chi connectivity index (χ4v) is 5.49. The molecule has 3 rings (SSSR count). The first-order valence-corrected chi connectivity index (χ1v) is 11.4. The van der Waals surface area contributed by atoms with Crippen LogP contribution in [-0.2, 0) is 9.22 Å². The van der Waals surface area contributed by atoms with E-state index in [2.05, 4.69) is 0 Å². The normalized spacial score (nSPS) is 12.6. The third-order valence-corrected chi connectivity index (χ3v) is 8.54. The molecule has 0 aliphatic heterocycles. The van der Waals surface area contributed by atoms with Gasteiger partial charge in [-0.15, -0.1) is 0 Å². The highest BCUT2D eigenvalue weighted by molar-refractivity contribution is 7.85. The Morgan fingerprint density at radius 3 is 1.55 bits per heavy atom. The van der Waals surface area contributed by atoms with Gasteiger partial charge < -0.3 is 14.3 Å². The predicted octanol–water partition coefficient (Wildman–Crippen LogP) is 3.14. The van der Waals surface area contributed by atoms with Crippen molar-refractivity contribution in [3.05, 3.63) is 84.9 Å². The third kappa shape index (κ3) is 4.56. The number of rotatable bonds is 7. The Hall–Kier alpha value is -2.13. The molecule has 1 N–H and O–H groups in total. The zero-order chi connectivity index (χ0) is 21.1. The van der Waals surface area contributed by atoms with E-state index in [4.69, 9.17) is 4.65 Å². The van der Waals surface area contributed by atoms with Gasteiger partial charge in [0.1, 0.15) is 0 Å². The molecule has 29 heavy (non-hydrogen) atoms. The first-order valence-electron chi connectivity index (χ1n) is 9.70. The van der Waals surface area contributed by atoms with Crippen LogP contribution < -0.4 is 21.4 Å². The van der Waals surface area contributed by atoms with Crippen LogP contribution in [0.2, 0.25) is 0 Å². The zero-order valence-corrected chi connectivity index (χ0v) is 18.3. The monoisotopic (exact) mass is 405 g/mol. The molecule has 3 aromatic rings. The van der Waals surface area contributed by atoms with E-state index in [-0.39, 0.29) is 0 Å². The lowest BCUT2D eigenvalue weighted by atomic mass is 9.83. The van der Waals surface area contributed by atoms with Gasteiger partial charge in [-0.05, 0) is 27.7 Å². The summed E-state index contributed by atoms with van der Waals surface area (Å²) in [5.41, 5.74) is -0.881. The van der Waals surface area contributed by atoms with E-state index in [0.717, 1.165) is 21.4 Å². The summed E-state index contributed by atoms with van der Waals surface area (Å²) >= 11 is 0. The van der Waals surface area contributed by atoms with Gasteiger partial charge in [0.05, 0.1) is 11.2 Å². The van der Waals surface area contributed by atoms with Crippen molar-refractivity contribution in [2.24, 2.45) is 0 Å². The summed E-state index contributed by atoms with van der Waals surface area (Å²) in [5, 5.41) is 12.6. The molecule has 0 aromatic heterocycles. The molecular formula is C24H27BO3P. The first kappa shape index (κ1) is 21.6. The van der Waals surface area contributed by atoms with E-state index in [1.54, 1.807) is 21.3 Å². The minimum absolute atomic E-state index is 0.741. The summed E-state index contributed by atoms with van der Waals surface area (Å²) in [4.78, 5) is 0. The minimum atomic E-state index is -2.97. The lowest BCUT2D eigenvalue weighted by Crippen LogP contribution is -2.49. The van der Waals surface area contributed by atoms with Crippen LogP contribution in [0, 0.1) is 0 Å². The molecule has 0 unspecified atom stereocenters. The molecule has 0 atom stereocenters. The molecule has 1 radical (unpaired) electrons. The average molecular weight is 405 g/mol. The predicted molar refractivity (Wildman–Crippen MR) is 123 cm³/mol. The van der Waals surface area contributed by atoms with Crippen molar-refractivity contribution in [3.63, 3.8) is 0 Å². The van der Waals surface area contributed by atoms with E-state index in [1.807, 2.05) is 98.8 Å². The van der Waals surface area contributed by atoms with Gasteiger partial charge in [0, 0.05) is 15.9 Å². The van der Waals surface area contributed by atoms with Crippen molar-refractivity contribution in [2.45, 2.75) is 38.9 Å². The van der Waals surface area contributed by atoms with Gasteiger partial charge in [-0.25, -0.2) is 0 Å². The number of hydrogen-bond acceptors (Lipinski definition) is 3. The maximum atomic E-state index is 14.3. The molecule has 5 heteroatoms. The first-order chi connectivity index (χ1) is 13.6. The Balaban J connectivity index is 1.92. The average Bonchev–Trinajstić information content (AvgIpc) is 2.72. The Kier molecular flexibility index (Phi) is 6.19. The second kappa shape index (κ2) is 8.32. The van der Waals surface area contributed by atoms with Crippen LogP contribution in [0.1, 0.15) is 27.7 Å². The highest BCUT2D eigenvalue weighted by Gasteiger charge is 2.36. The molecule has 0 amide bonds. The van der Waals surface area contributed by atoms with Crippen LogP contribution >= 0.6 is 7.14 Å². The van der Waals surface area contributed by atoms with Crippen LogP contribution in [0.5, 0.6) is 0 Å². The quantitative estimate of drug-likeness (QED) is 0.486. The molecular weight excluding hydrogens is 378 g/mol. The van der Waals surface area contributed by atoms with Crippen LogP contribution in [0.3, 0.4) is 0 Å². The van der Waals surface area contributed by atoms with Crippen LogP contribution in [-0.4, -0.2) is 23.8 Å². The Morgan fingerprint density at radius 1 is 0.724 bits per heavy atom. The summed E-state index contributed by atoms with van der Waals surface area (Å²) in [6.07, 6.45) is 0. The van der Waals surface area contributed by atoms with E-state index < -0.39 is 18.3 Å². The van der Waals surface area contributed by atoms with E-state index in [1.165, 1.54) is 0 Å². The Bertz CT molecular complexity index is 935. The van der Waals surface area contributed by atoms with Crippen LogP contribution in [0.4, 0.5) is 0 Å². The van der Waals surface area contributed by atoms with Gasteiger partial charge >= 0.3 is 7.48 Å². The smallest absolute Gasteiger partial charge is 0.330 e. The topological polar surface area (TPSA) is 46.5 Å². The number of hydrogen-bond donors (Lipinski definition) is 1. The second-order valence-electron chi connectivity index (χ2n) is 8.18. The maximum Gasteiger partial charge on any atom is 0.330 e. The standard InChI is InChI=1S/C24H27BO3P/c1-23(2,26)24(3,4)28-25-19-15-17-22(18-16-19)29(27,20-11-7-5-8-12-20)21-13-9-6-10-14-21/h5-18,26H,1-4H3. The largest absolute Gasteiger partial charge is 0.427 e. The van der Waals surface area contributed by atoms with Crippen molar-refractivity contribution in [3.8, 4) is 0 Å². The van der Waals surface area contributed by atoms with Gasteiger partial charge in [-0.3, -0.25) is 0 Å². The lowest BCUT2D eigenvalue weighted by molar-refractivity contribution is -0.0893. The highest BCUT2D eigenvalue weighted by atomic mass is 31.2. The van der Waals surface area contributed by atoms with Crippen molar-refractivity contribution < 1.29 is 14.3 Å². The Morgan fingerprint density at radius 2 is 1.14 bits per heavy atom. The van der Waals surface area contributed by atoms with Crippen LogP contribution in [0.15, 0.2) is 84.9 Å². The molecule has 3 nitrogen and oxygen atoms in total. The molecule has 0 bridgehead atoms. The van der Waals surface area contributed by atoms with Crippen molar-refractivity contribution in [2.75, 3.05) is 0 Å². The number of benzene rings is 3. The van der Waals surface area contributed by atoms with Crippen molar-refractivity contribution in [1.82, 2.24) is 0 Å². The highest BCUT2D eigenvalue weighted by Crippen LogP contribution is 2.41. The molecule has 3 aromatic carbocycles. The molecule has 0 saturated heterocycles. The molecule has 149 valence electrons. The lowest BCUT2D eigenvalue weighted by Gasteiger charge is -2.37. The fraction of sp³-hybridized carbons (Fsp3) is 0.250. The molecule has 0 spiro atoms. The SMILES string of the molecule is CC(C)(O)C(C)(C)O[B]c1ccc(P(=O)(c2ccccc2)c2ccccc2)cc1. The molecule has 0 heterocycles. The van der Waals surface area contributed by atoms with Gasteiger partial charge in [0.25, 0.3) is 0 Å². The number of aliphatic hydroxyl groups is 1. The summed E-state index contributed by atoms with van der Waals surface area (Å²) in [7, 11) is -1.33. The summed E-state index contributed by atoms with van der Waals surface area (Å²) in [6.45, 7) is 7.13. The molecule has 0 aliphatic rings. The van der Waals surface area contributed by atoms with Gasteiger partial charge in [0.15, 0.2) is 7.14 Å². The van der Waals surface area contributed by atoms with E-state index in [0.29, 0.717) is 0 Å². The van der Waals surface area contributed by atoms with E-state index >= 15 is 0 Å². The zero-order valence-electron chi connectivity index (χ0n) is 17.4. The Labute approximate surface area is 174 Å². The van der Waals surface area contributed by atoms with E-state index in [9.17, 15) is 9.67 Å². The summed E-state index contributed by atoms with van der Waals surface area (Å²) in [5.74, 6) is 0. The second-order valence-corrected chi connectivity index (χ2v) is 10.9. The van der Waals surface area contributed by atoms with Gasteiger partial charge in [-0.1, -0.05) is 90.4 Å². The van der Waals surface area contributed by atoms with Gasteiger partial charge in [0.2, 0.25) is 0 Å². The molecule has 0 saturated carbocycles. The summed E-state index contributed by atoms with van der Waals surface area (Å²) < 4.78 is 20.1. The van der Waals surface area contributed by atoms with Crippen molar-refractivity contribution in [1.29, 1.82) is 0 Å². The maximum absolute atomic E-state index is 14.3. The summed E-state index contributed by atoms with van der Waals surface area (Å²) in [6, 6.07) is 26.8. The molecule has 0 fully saturated rings. The van der Waals surface area contributed by atoms with Gasteiger partial charge in [-0.2, -0.15) is 0 Å². The van der Waals surface area contributed by atoms with Crippen molar-refractivity contribution >= 4 is 36.0 Å². The minimum Gasteiger partial charge on any atom is -0.427 e.